The van der Waals surface area contributed by atoms with Gasteiger partial charge in [-0.05, 0) is 48.8 Å². The van der Waals surface area contributed by atoms with E-state index in [1.807, 2.05) is 18.5 Å². The number of carbonyl (C=O) groups is 1. The summed E-state index contributed by atoms with van der Waals surface area (Å²) in [5.41, 5.74) is 0.901. The third-order valence-corrected chi connectivity index (χ3v) is 5.03. The molecule has 2 aromatic rings. The maximum absolute atomic E-state index is 11.1. The van der Waals surface area contributed by atoms with Crippen LogP contribution in [0.15, 0.2) is 29.0 Å². The fourth-order valence-corrected chi connectivity index (χ4v) is 3.53. The number of hydrogen-bond acceptors (Lipinski definition) is 4. The van der Waals surface area contributed by atoms with Crippen LogP contribution in [0.25, 0.3) is 0 Å². The zero-order chi connectivity index (χ0) is 13.8. The molecule has 0 radical (unpaired) electrons. The van der Waals surface area contributed by atoms with E-state index in [-0.39, 0.29) is 0 Å². The van der Waals surface area contributed by atoms with Crippen molar-refractivity contribution in [3.8, 4) is 0 Å². The van der Waals surface area contributed by atoms with E-state index in [1.54, 1.807) is 11.3 Å². The highest BCUT2D eigenvalue weighted by Gasteiger charge is 2.16. The molecular weight excluding hydrogens is 278 g/mol. The molecule has 0 fully saturated rings. The van der Waals surface area contributed by atoms with Gasteiger partial charge in [-0.2, -0.15) is 0 Å². The normalized spacial score (nSPS) is 12.8. The first kappa shape index (κ1) is 14.2. The van der Waals surface area contributed by atoms with E-state index in [4.69, 9.17) is 5.11 Å². The molecular formula is C14H17NO2S2. The molecule has 0 aliphatic rings. The maximum atomic E-state index is 11.1. The van der Waals surface area contributed by atoms with Crippen LogP contribution >= 0.6 is 22.7 Å². The molecule has 0 amide bonds. The first-order valence-electron chi connectivity index (χ1n) is 6.10. The summed E-state index contributed by atoms with van der Waals surface area (Å²) in [7, 11) is 2.04. The number of aromatic carboxylic acids is 1. The summed E-state index contributed by atoms with van der Waals surface area (Å²) >= 11 is 3.06. The Labute approximate surface area is 121 Å². The van der Waals surface area contributed by atoms with Crippen molar-refractivity contribution in [2.24, 2.45) is 0 Å². The molecule has 0 aromatic carbocycles. The number of hydrogen-bond donors (Lipinski definition) is 1. The highest BCUT2D eigenvalue weighted by Crippen LogP contribution is 2.20. The Balaban J connectivity index is 1.98. The Bertz CT molecular complexity index is 533. The zero-order valence-corrected chi connectivity index (χ0v) is 12.6. The van der Waals surface area contributed by atoms with Crippen LogP contribution in [0.1, 0.15) is 27.0 Å². The fraction of sp³-hybridized carbons (Fsp3) is 0.357. The standard InChI is InChI=1S/C14H17NO2S2/c1-10(8-12-4-3-6-18-12)15(2)9-11-5-7-19-13(11)14(16)17/h3-7,10H,8-9H2,1-2H3,(H,16,17). The van der Waals surface area contributed by atoms with Gasteiger partial charge in [0.1, 0.15) is 4.88 Å². The minimum Gasteiger partial charge on any atom is -0.477 e. The predicted octanol–water partition coefficient (Wildman–Crippen LogP) is 3.57. The summed E-state index contributed by atoms with van der Waals surface area (Å²) in [6.45, 7) is 2.85. The van der Waals surface area contributed by atoms with Gasteiger partial charge < -0.3 is 5.11 Å². The Hall–Kier alpha value is -1.17. The number of likely N-dealkylation sites (N-methyl/N-ethyl adjacent to an activating group) is 1. The van der Waals surface area contributed by atoms with Crippen molar-refractivity contribution in [3.05, 3.63) is 44.3 Å². The van der Waals surface area contributed by atoms with E-state index in [0.717, 1.165) is 12.0 Å². The number of nitrogens with zero attached hydrogens (tertiary/aromatic N) is 1. The molecule has 1 N–H and O–H groups in total. The lowest BCUT2D eigenvalue weighted by molar-refractivity contribution is 0.0700. The van der Waals surface area contributed by atoms with Gasteiger partial charge in [0.25, 0.3) is 0 Å². The van der Waals surface area contributed by atoms with Gasteiger partial charge >= 0.3 is 5.97 Å². The van der Waals surface area contributed by atoms with Gasteiger partial charge in [-0.1, -0.05) is 6.07 Å². The van der Waals surface area contributed by atoms with Crippen molar-refractivity contribution < 1.29 is 9.90 Å². The molecule has 1 atom stereocenters. The predicted molar refractivity (Wildman–Crippen MR) is 80.2 cm³/mol. The SMILES string of the molecule is CC(Cc1cccs1)N(C)Cc1ccsc1C(=O)O. The summed E-state index contributed by atoms with van der Waals surface area (Å²) in [6.07, 6.45) is 1.00. The molecule has 3 nitrogen and oxygen atoms in total. The quantitative estimate of drug-likeness (QED) is 0.885. The van der Waals surface area contributed by atoms with Gasteiger partial charge in [-0.25, -0.2) is 4.79 Å². The van der Waals surface area contributed by atoms with Crippen LogP contribution in [0.5, 0.6) is 0 Å². The van der Waals surface area contributed by atoms with Crippen LogP contribution in [0.3, 0.4) is 0 Å². The van der Waals surface area contributed by atoms with Gasteiger partial charge in [0.05, 0.1) is 0 Å². The first-order chi connectivity index (χ1) is 9.08. The molecule has 0 saturated heterocycles. The van der Waals surface area contributed by atoms with Crippen molar-refractivity contribution in [1.29, 1.82) is 0 Å². The van der Waals surface area contributed by atoms with Crippen molar-refractivity contribution >= 4 is 28.6 Å². The average molecular weight is 295 g/mol. The molecule has 0 bridgehead atoms. The minimum atomic E-state index is -0.829. The molecule has 102 valence electrons. The number of carboxylic acids is 1. The Morgan fingerprint density at radius 3 is 2.79 bits per heavy atom. The molecule has 2 heterocycles. The highest BCUT2D eigenvalue weighted by molar-refractivity contribution is 7.12. The summed E-state index contributed by atoms with van der Waals surface area (Å²) < 4.78 is 0. The Kier molecular flexibility index (Phi) is 4.74. The maximum Gasteiger partial charge on any atom is 0.346 e. The van der Waals surface area contributed by atoms with Crippen LogP contribution in [0, 0.1) is 0 Å². The molecule has 0 spiro atoms. The number of rotatable bonds is 6. The molecule has 19 heavy (non-hydrogen) atoms. The lowest BCUT2D eigenvalue weighted by Crippen LogP contribution is -2.30. The van der Waals surface area contributed by atoms with Crippen LogP contribution in [0.4, 0.5) is 0 Å². The van der Waals surface area contributed by atoms with Gasteiger partial charge in [0, 0.05) is 17.5 Å². The summed E-state index contributed by atoms with van der Waals surface area (Å²) in [5.74, 6) is -0.829. The number of carboxylic acid groups (broad SMARTS) is 1. The highest BCUT2D eigenvalue weighted by atomic mass is 32.1. The molecule has 0 saturated carbocycles. The van der Waals surface area contributed by atoms with Crippen molar-refractivity contribution in [3.63, 3.8) is 0 Å². The second-order valence-electron chi connectivity index (χ2n) is 4.63. The lowest BCUT2D eigenvalue weighted by atomic mass is 10.1. The van der Waals surface area contributed by atoms with Crippen LogP contribution in [-0.2, 0) is 13.0 Å². The van der Waals surface area contributed by atoms with Crippen molar-refractivity contribution in [2.75, 3.05) is 7.05 Å². The summed E-state index contributed by atoms with van der Waals surface area (Å²) in [6, 6.07) is 6.50. The molecule has 0 aliphatic carbocycles. The van der Waals surface area contributed by atoms with Gasteiger partial charge in [-0.15, -0.1) is 22.7 Å². The minimum absolute atomic E-state index is 0.389. The molecule has 5 heteroatoms. The number of thiophene rings is 2. The van der Waals surface area contributed by atoms with E-state index in [9.17, 15) is 4.79 Å². The second kappa shape index (κ2) is 6.32. The molecule has 0 aliphatic heterocycles. The smallest absolute Gasteiger partial charge is 0.346 e. The van der Waals surface area contributed by atoms with E-state index >= 15 is 0 Å². The Morgan fingerprint density at radius 2 is 2.16 bits per heavy atom. The Morgan fingerprint density at radius 1 is 1.37 bits per heavy atom. The molecule has 2 aromatic heterocycles. The first-order valence-corrected chi connectivity index (χ1v) is 7.86. The van der Waals surface area contributed by atoms with E-state index in [2.05, 4.69) is 29.3 Å². The zero-order valence-electron chi connectivity index (χ0n) is 11.0. The van der Waals surface area contributed by atoms with Crippen molar-refractivity contribution in [1.82, 2.24) is 4.90 Å². The largest absolute Gasteiger partial charge is 0.477 e. The van der Waals surface area contributed by atoms with E-state index < -0.39 is 5.97 Å². The lowest BCUT2D eigenvalue weighted by Gasteiger charge is -2.24. The average Bonchev–Trinajstić information content (AvgIpc) is 2.99. The van der Waals surface area contributed by atoms with Gasteiger partial charge in [0.15, 0.2) is 0 Å². The summed E-state index contributed by atoms with van der Waals surface area (Å²) in [4.78, 5) is 15.1. The summed E-state index contributed by atoms with van der Waals surface area (Å²) in [5, 5.41) is 13.0. The van der Waals surface area contributed by atoms with Gasteiger partial charge in [0.2, 0.25) is 0 Å². The third-order valence-electron chi connectivity index (χ3n) is 3.19. The van der Waals surface area contributed by atoms with Crippen molar-refractivity contribution in [2.45, 2.75) is 25.9 Å². The van der Waals surface area contributed by atoms with E-state index in [1.165, 1.54) is 16.2 Å². The monoisotopic (exact) mass is 295 g/mol. The molecule has 1 unspecified atom stereocenters. The molecule has 2 rings (SSSR count). The van der Waals surface area contributed by atoms with Crippen LogP contribution in [0.2, 0.25) is 0 Å². The van der Waals surface area contributed by atoms with Gasteiger partial charge in [-0.3, -0.25) is 4.90 Å². The van der Waals surface area contributed by atoms with E-state index in [0.29, 0.717) is 17.5 Å². The second-order valence-corrected chi connectivity index (χ2v) is 6.58. The van der Waals surface area contributed by atoms with Crippen LogP contribution < -0.4 is 0 Å². The fourth-order valence-electron chi connectivity index (χ4n) is 1.95. The third kappa shape index (κ3) is 3.65. The van der Waals surface area contributed by atoms with Crippen LogP contribution in [-0.4, -0.2) is 29.1 Å². The topological polar surface area (TPSA) is 40.5 Å².